The molecule has 1 aliphatic heterocycles. The molecule has 5 heteroatoms. The number of guanidine groups is 1. The van der Waals surface area contributed by atoms with E-state index in [1.165, 1.54) is 37.7 Å². The van der Waals surface area contributed by atoms with Crippen LogP contribution in [0.1, 0.15) is 37.7 Å². The van der Waals surface area contributed by atoms with Gasteiger partial charge in [-0.2, -0.15) is 0 Å². The van der Waals surface area contributed by atoms with Crippen molar-refractivity contribution in [2.45, 2.75) is 50.8 Å². The smallest absolute Gasteiger partial charge is 0.193 e. The number of fused-ring (bicyclic) bond motifs is 2. The normalized spacial score (nSPS) is 29.7. The first kappa shape index (κ1) is 19.0. The number of nitrogens with zero attached hydrogens (tertiary/aromatic N) is 2. The SMILES string of the molecule is CN(C)C(=NCc1ccccc1)NC1C2CCOC2C12CCCC2.I. The molecule has 2 saturated carbocycles. The van der Waals surface area contributed by atoms with E-state index in [9.17, 15) is 0 Å². The third-order valence-electron chi connectivity index (χ3n) is 6.25. The summed E-state index contributed by atoms with van der Waals surface area (Å²) in [5.41, 5.74) is 1.62. The van der Waals surface area contributed by atoms with E-state index in [0.717, 1.165) is 19.1 Å². The molecule has 3 aliphatic rings. The maximum Gasteiger partial charge on any atom is 0.193 e. The molecule has 0 aromatic heterocycles. The first-order chi connectivity index (χ1) is 11.7. The van der Waals surface area contributed by atoms with Gasteiger partial charge in [0.25, 0.3) is 0 Å². The van der Waals surface area contributed by atoms with Crippen LogP contribution >= 0.6 is 24.0 Å². The van der Waals surface area contributed by atoms with Crippen LogP contribution in [0.15, 0.2) is 35.3 Å². The monoisotopic (exact) mass is 455 g/mol. The highest BCUT2D eigenvalue weighted by atomic mass is 127. The van der Waals surface area contributed by atoms with E-state index in [0.29, 0.717) is 23.5 Å². The number of nitrogens with one attached hydrogen (secondary N) is 1. The summed E-state index contributed by atoms with van der Waals surface area (Å²) < 4.78 is 6.10. The molecule has 3 fully saturated rings. The van der Waals surface area contributed by atoms with Gasteiger partial charge in [0.15, 0.2) is 5.96 Å². The molecule has 0 bridgehead atoms. The largest absolute Gasteiger partial charge is 0.377 e. The summed E-state index contributed by atoms with van der Waals surface area (Å²) in [5, 5.41) is 3.82. The van der Waals surface area contributed by atoms with Crippen LogP contribution in [-0.2, 0) is 11.3 Å². The van der Waals surface area contributed by atoms with E-state index < -0.39 is 0 Å². The third-order valence-corrected chi connectivity index (χ3v) is 6.25. The summed E-state index contributed by atoms with van der Waals surface area (Å²) >= 11 is 0. The molecule has 3 unspecified atom stereocenters. The minimum atomic E-state index is 0. The van der Waals surface area contributed by atoms with Crippen molar-refractivity contribution < 1.29 is 4.74 Å². The fourth-order valence-corrected chi connectivity index (χ4v) is 5.11. The van der Waals surface area contributed by atoms with Gasteiger partial charge >= 0.3 is 0 Å². The van der Waals surface area contributed by atoms with E-state index in [4.69, 9.17) is 9.73 Å². The molecule has 0 radical (unpaired) electrons. The lowest BCUT2D eigenvalue weighted by Gasteiger charge is -2.57. The van der Waals surface area contributed by atoms with Crippen LogP contribution in [-0.4, -0.2) is 43.7 Å². The van der Waals surface area contributed by atoms with Crippen molar-refractivity contribution in [1.82, 2.24) is 10.2 Å². The lowest BCUT2D eigenvalue weighted by atomic mass is 9.54. The summed E-state index contributed by atoms with van der Waals surface area (Å²) in [6.45, 7) is 1.67. The Morgan fingerprint density at radius 2 is 1.96 bits per heavy atom. The van der Waals surface area contributed by atoms with Crippen molar-refractivity contribution in [3.05, 3.63) is 35.9 Å². The predicted octanol–water partition coefficient (Wildman–Crippen LogP) is 3.66. The molecular weight excluding hydrogens is 425 g/mol. The molecule has 1 N–H and O–H groups in total. The first-order valence-electron chi connectivity index (χ1n) is 9.34. The predicted molar refractivity (Wildman–Crippen MR) is 112 cm³/mol. The van der Waals surface area contributed by atoms with Crippen LogP contribution in [0.25, 0.3) is 0 Å². The molecule has 1 heterocycles. The molecule has 1 aromatic rings. The summed E-state index contributed by atoms with van der Waals surface area (Å²) in [7, 11) is 4.17. The van der Waals surface area contributed by atoms with Crippen molar-refractivity contribution in [3.63, 3.8) is 0 Å². The molecule has 1 saturated heterocycles. The number of rotatable bonds is 3. The molecule has 0 amide bonds. The van der Waals surface area contributed by atoms with Crippen LogP contribution in [0.5, 0.6) is 0 Å². The minimum Gasteiger partial charge on any atom is -0.377 e. The van der Waals surface area contributed by atoms with Gasteiger partial charge in [-0.1, -0.05) is 43.2 Å². The van der Waals surface area contributed by atoms with E-state index in [1.807, 2.05) is 0 Å². The Morgan fingerprint density at radius 3 is 2.64 bits per heavy atom. The zero-order valence-electron chi connectivity index (χ0n) is 15.3. The zero-order chi connectivity index (χ0) is 16.6. The summed E-state index contributed by atoms with van der Waals surface area (Å²) in [5.74, 6) is 1.69. The molecule has 2 aliphatic carbocycles. The molecule has 1 aromatic carbocycles. The van der Waals surface area contributed by atoms with Crippen LogP contribution < -0.4 is 5.32 Å². The van der Waals surface area contributed by atoms with Gasteiger partial charge in [-0.25, -0.2) is 4.99 Å². The van der Waals surface area contributed by atoms with Gasteiger partial charge in [0.1, 0.15) is 0 Å². The van der Waals surface area contributed by atoms with Gasteiger partial charge in [-0.15, -0.1) is 24.0 Å². The van der Waals surface area contributed by atoms with Crippen molar-refractivity contribution in [1.29, 1.82) is 0 Å². The molecule has 3 atom stereocenters. The fraction of sp³-hybridized carbons (Fsp3) is 0.650. The Kier molecular flexibility index (Phi) is 5.93. The Morgan fingerprint density at radius 1 is 1.24 bits per heavy atom. The summed E-state index contributed by atoms with van der Waals surface area (Å²) in [4.78, 5) is 6.99. The average molecular weight is 455 g/mol. The van der Waals surface area contributed by atoms with Crippen LogP contribution in [0.2, 0.25) is 0 Å². The Labute approximate surface area is 168 Å². The van der Waals surface area contributed by atoms with E-state index in [-0.39, 0.29) is 24.0 Å². The van der Waals surface area contributed by atoms with E-state index in [2.05, 4.69) is 54.6 Å². The number of aliphatic imine (C=N–C) groups is 1. The van der Waals surface area contributed by atoms with Gasteiger partial charge in [-0.05, 0) is 24.8 Å². The molecule has 4 nitrogen and oxygen atoms in total. The second-order valence-corrected chi connectivity index (χ2v) is 7.83. The number of hydrogen-bond acceptors (Lipinski definition) is 2. The summed E-state index contributed by atoms with van der Waals surface area (Å²) in [6.07, 6.45) is 7.02. The molecule has 4 rings (SSSR count). The van der Waals surface area contributed by atoms with E-state index in [1.54, 1.807) is 0 Å². The van der Waals surface area contributed by atoms with E-state index >= 15 is 0 Å². The quantitative estimate of drug-likeness (QED) is 0.430. The highest BCUT2D eigenvalue weighted by Crippen LogP contribution is 2.60. The van der Waals surface area contributed by atoms with Crippen molar-refractivity contribution in [2.75, 3.05) is 20.7 Å². The molecule has 25 heavy (non-hydrogen) atoms. The van der Waals surface area contributed by atoms with Crippen molar-refractivity contribution in [2.24, 2.45) is 16.3 Å². The van der Waals surface area contributed by atoms with Crippen LogP contribution in [0, 0.1) is 11.3 Å². The Balaban J connectivity index is 0.00000182. The lowest BCUT2D eigenvalue weighted by Crippen LogP contribution is -2.69. The molecule has 138 valence electrons. The van der Waals surface area contributed by atoms with Gasteiger partial charge in [-0.3, -0.25) is 0 Å². The van der Waals surface area contributed by atoms with Crippen molar-refractivity contribution in [3.8, 4) is 0 Å². The second kappa shape index (κ2) is 7.82. The zero-order valence-corrected chi connectivity index (χ0v) is 17.6. The molecule has 1 spiro atoms. The van der Waals surface area contributed by atoms with Gasteiger partial charge in [0.05, 0.1) is 12.6 Å². The Bertz CT molecular complexity index is 598. The molecular formula is C20H30IN3O. The first-order valence-corrected chi connectivity index (χ1v) is 9.34. The Hall–Kier alpha value is -0.820. The summed E-state index contributed by atoms with van der Waals surface area (Å²) in [6, 6.07) is 11.0. The van der Waals surface area contributed by atoms with Crippen LogP contribution in [0.4, 0.5) is 0 Å². The number of ether oxygens (including phenoxy) is 1. The highest BCUT2D eigenvalue weighted by molar-refractivity contribution is 14.0. The van der Waals surface area contributed by atoms with Crippen LogP contribution in [0.3, 0.4) is 0 Å². The number of halogens is 1. The van der Waals surface area contributed by atoms with Crippen molar-refractivity contribution >= 4 is 29.9 Å². The maximum absolute atomic E-state index is 6.10. The maximum atomic E-state index is 6.10. The minimum absolute atomic E-state index is 0. The third kappa shape index (κ3) is 3.42. The van der Waals surface area contributed by atoms with Gasteiger partial charge < -0.3 is 15.0 Å². The number of benzene rings is 1. The topological polar surface area (TPSA) is 36.9 Å². The fourth-order valence-electron chi connectivity index (χ4n) is 5.11. The van der Waals surface area contributed by atoms with Gasteiger partial charge in [0.2, 0.25) is 0 Å². The highest BCUT2D eigenvalue weighted by Gasteiger charge is 2.65. The standard InChI is InChI=1S/C20H29N3O.HI/c1-23(2)19(21-14-15-8-4-3-5-9-15)22-17-16-10-13-24-18(16)20(17)11-6-7-12-20;/h3-5,8-9,16-18H,6-7,10-14H2,1-2H3,(H,21,22);1H. The second-order valence-electron chi connectivity index (χ2n) is 7.83. The lowest BCUT2D eigenvalue weighted by molar-refractivity contribution is -0.125. The van der Waals surface area contributed by atoms with Gasteiger partial charge in [0, 0.05) is 38.1 Å². The number of hydrogen-bond donors (Lipinski definition) is 1. The average Bonchev–Trinajstić information content (AvgIpc) is 3.24.